The molecular formula is C17H20Cl2N4O3. The average Bonchev–Trinajstić information content (AvgIpc) is 2.92. The third-order valence-corrected chi connectivity index (χ3v) is 4.87. The van der Waals surface area contributed by atoms with E-state index in [1.54, 1.807) is 35.4 Å². The first-order valence-corrected chi connectivity index (χ1v) is 9.22. The molecule has 0 unspecified atom stereocenters. The number of fused-ring (bicyclic) bond motifs is 1. The van der Waals surface area contributed by atoms with Crippen LogP contribution in [0.5, 0.6) is 0 Å². The largest absolute Gasteiger partial charge is 0.450 e. The zero-order valence-electron chi connectivity index (χ0n) is 14.6. The van der Waals surface area contributed by atoms with Crippen LogP contribution in [0.1, 0.15) is 35.9 Å². The SMILES string of the molecule is CCOC(=O)N1CCC(NC(=O)c2c(C)nc3c(Cl)cc(Cl)cn23)CC1. The molecule has 140 valence electrons. The maximum atomic E-state index is 12.8. The van der Waals surface area contributed by atoms with E-state index >= 15 is 0 Å². The van der Waals surface area contributed by atoms with Crippen molar-refractivity contribution in [2.45, 2.75) is 32.7 Å². The summed E-state index contributed by atoms with van der Waals surface area (Å²) >= 11 is 12.2. The van der Waals surface area contributed by atoms with Crippen LogP contribution < -0.4 is 5.32 Å². The van der Waals surface area contributed by atoms with Gasteiger partial charge in [0, 0.05) is 25.3 Å². The average molecular weight is 399 g/mol. The fraction of sp³-hybridized carbons (Fsp3) is 0.471. The van der Waals surface area contributed by atoms with Crippen molar-refractivity contribution in [3.05, 3.63) is 33.7 Å². The van der Waals surface area contributed by atoms with E-state index in [1.807, 2.05) is 0 Å². The number of amides is 2. The van der Waals surface area contributed by atoms with Crippen molar-refractivity contribution in [1.82, 2.24) is 19.6 Å². The summed E-state index contributed by atoms with van der Waals surface area (Å²) < 4.78 is 6.62. The third-order valence-electron chi connectivity index (χ3n) is 4.39. The van der Waals surface area contributed by atoms with Gasteiger partial charge in [-0.25, -0.2) is 9.78 Å². The van der Waals surface area contributed by atoms with Gasteiger partial charge in [0.1, 0.15) is 5.69 Å². The van der Waals surface area contributed by atoms with Crippen LogP contribution in [-0.4, -0.2) is 52.0 Å². The van der Waals surface area contributed by atoms with Gasteiger partial charge < -0.3 is 15.0 Å². The van der Waals surface area contributed by atoms with Crippen LogP contribution in [-0.2, 0) is 4.74 Å². The Hall–Kier alpha value is -1.99. The first kappa shape index (κ1) is 18.8. The number of rotatable bonds is 3. The molecule has 9 heteroatoms. The predicted molar refractivity (Wildman–Crippen MR) is 99.0 cm³/mol. The number of aromatic nitrogens is 2. The molecule has 7 nitrogen and oxygen atoms in total. The first-order chi connectivity index (χ1) is 12.4. The van der Waals surface area contributed by atoms with Gasteiger partial charge in [-0.3, -0.25) is 9.20 Å². The number of hydrogen-bond donors (Lipinski definition) is 1. The smallest absolute Gasteiger partial charge is 0.409 e. The Morgan fingerprint density at radius 3 is 2.69 bits per heavy atom. The van der Waals surface area contributed by atoms with Crippen LogP contribution in [0, 0.1) is 6.92 Å². The highest BCUT2D eigenvalue weighted by atomic mass is 35.5. The first-order valence-electron chi connectivity index (χ1n) is 8.47. The van der Waals surface area contributed by atoms with E-state index in [1.165, 1.54) is 0 Å². The van der Waals surface area contributed by atoms with Crippen molar-refractivity contribution < 1.29 is 14.3 Å². The lowest BCUT2D eigenvalue weighted by Crippen LogP contribution is -2.47. The number of imidazole rings is 1. The number of halogens is 2. The molecule has 0 saturated carbocycles. The molecule has 0 aliphatic carbocycles. The van der Waals surface area contributed by atoms with Crippen molar-refractivity contribution in [3.63, 3.8) is 0 Å². The number of pyridine rings is 1. The Kier molecular flexibility index (Phi) is 5.58. The molecule has 3 rings (SSSR count). The number of ether oxygens (including phenoxy) is 1. The third kappa shape index (κ3) is 3.73. The Morgan fingerprint density at radius 1 is 1.35 bits per heavy atom. The highest BCUT2D eigenvalue weighted by Gasteiger charge is 2.26. The van der Waals surface area contributed by atoms with Gasteiger partial charge in [0.2, 0.25) is 0 Å². The van der Waals surface area contributed by atoms with Crippen LogP contribution in [0.4, 0.5) is 4.79 Å². The van der Waals surface area contributed by atoms with Crippen molar-refractivity contribution in [1.29, 1.82) is 0 Å². The standard InChI is InChI=1S/C17H20Cl2N4O3/c1-3-26-17(25)22-6-4-12(5-7-22)21-16(24)14-10(2)20-15-13(19)8-11(18)9-23(14)15/h8-9,12H,3-7H2,1-2H3,(H,21,24). The molecule has 0 radical (unpaired) electrons. The molecule has 2 amide bonds. The van der Waals surface area contributed by atoms with Crippen molar-refractivity contribution in [2.75, 3.05) is 19.7 Å². The van der Waals surface area contributed by atoms with Gasteiger partial charge in [0.15, 0.2) is 5.65 Å². The molecule has 0 bridgehead atoms. The number of nitrogens with one attached hydrogen (secondary N) is 1. The lowest BCUT2D eigenvalue weighted by Gasteiger charge is -2.31. The van der Waals surface area contributed by atoms with Crippen LogP contribution >= 0.6 is 23.2 Å². The summed E-state index contributed by atoms with van der Waals surface area (Å²) in [6.07, 6.45) is 2.66. The van der Waals surface area contributed by atoms with Crippen LogP contribution in [0.3, 0.4) is 0 Å². The maximum Gasteiger partial charge on any atom is 0.409 e. The molecule has 0 atom stereocenters. The molecular weight excluding hydrogens is 379 g/mol. The number of likely N-dealkylation sites (tertiary alicyclic amines) is 1. The Bertz CT molecular complexity index is 844. The molecule has 2 aromatic rings. The Labute approximate surface area is 161 Å². The van der Waals surface area contributed by atoms with E-state index < -0.39 is 0 Å². The van der Waals surface area contributed by atoms with E-state index in [4.69, 9.17) is 27.9 Å². The fourth-order valence-corrected chi connectivity index (χ4v) is 3.65. The highest BCUT2D eigenvalue weighted by Crippen LogP contribution is 2.24. The minimum Gasteiger partial charge on any atom is -0.450 e. The van der Waals surface area contributed by atoms with Gasteiger partial charge in [-0.05, 0) is 32.8 Å². The monoisotopic (exact) mass is 398 g/mol. The van der Waals surface area contributed by atoms with Crippen LogP contribution in [0.25, 0.3) is 5.65 Å². The number of piperidine rings is 1. The zero-order chi connectivity index (χ0) is 18.8. The van der Waals surface area contributed by atoms with Crippen molar-refractivity contribution in [2.24, 2.45) is 0 Å². The summed E-state index contributed by atoms with van der Waals surface area (Å²) in [7, 11) is 0. The summed E-state index contributed by atoms with van der Waals surface area (Å²) in [5.41, 5.74) is 1.49. The molecule has 1 aliphatic rings. The lowest BCUT2D eigenvalue weighted by atomic mass is 10.1. The number of hydrogen-bond acceptors (Lipinski definition) is 4. The number of aryl methyl sites for hydroxylation is 1. The molecule has 2 aromatic heterocycles. The second-order valence-electron chi connectivity index (χ2n) is 6.18. The summed E-state index contributed by atoms with van der Waals surface area (Å²) in [5, 5.41) is 3.84. The van der Waals surface area contributed by atoms with Gasteiger partial charge in [-0.2, -0.15) is 0 Å². The molecule has 1 fully saturated rings. The van der Waals surface area contributed by atoms with E-state index in [9.17, 15) is 9.59 Å². The van der Waals surface area contributed by atoms with Crippen molar-refractivity contribution >= 4 is 40.8 Å². The molecule has 1 saturated heterocycles. The molecule has 26 heavy (non-hydrogen) atoms. The van der Waals surface area contributed by atoms with E-state index in [2.05, 4.69) is 10.3 Å². The molecule has 1 aliphatic heterocycles. The molecule has 3 heterocycles. The predicted octanol–water partition coefficient (Wildman–Crippen LogP) is 3.30. The minimum atomic E-state index is -0.306. The summed E-state index contributed by atoms with van der Waals surface area (Å²) in [6, 6.07) is 1.57. The van der Waals surface area contributed by atoms with E-state index in [-0.39, 0.29) is 18.0 Å². The lowest BCUT2D eigenvalue weighted by molar-refractivity contribution is 0.0855. The van der Waals surface area contributed by atoms with Gasteiger partial charge in [-0.1, -0.05) is 23.2 Å². The molecule has 0 aromatic carbocycles. The van der Waals surface area contributed by atoms with Gasteiger partial charge >= 0.3 is 6.09 Å². The fourth-order valence-electron chi connectivity index (χ4n) is 3.13. The van der Waals surface area contributed by atoms with E-state index in [0.29, 0.717) is 59.6 Å². The Balaban J connectivity index is 1.71. The summed E-state index contributed by atoms with van der Waals surface area (Å²) in [4.78, 5) is 30.6. The second kappa shape index (κ2) is 7.72. The summed E-state index contributed by atoms with van der Waals surface area (Å²) in [5.74, 6) is -0.233. The normalized spacial score (nSPS) is 15.3. The minimum absolute atomic E-state index is 0.0206. The van der Waals surface area contributed by atoms with Gasteiger partial charge in [-0.15, -0.1) is 0 Å². The van der Waals surface area contributed by atoms with Crippen LogP contribution in [0.2, 0.25) is 10.0 Å². The van der Waals surface area contributed by atoms with Gasteiger partial charge in [0.05, 0.1) is 22.3 Å². The number of nitrogens with zero attached hydrogens (tertiary/aromatic N) is 3. The summed E-state index contributed by atoms with van der Waals surface area (Å²) in [6.45, 7) is 4.99. The Morgan fingerprint density at radius 2 is 2.04 bits per heavy atom. The second-order valence-corrected chi connectivity index (χ2v) is 7.02. The van der Waals surface area contributed by atoms with Crippen LogP contribution in [0.15, 0.2) is 12.3 Å². The zero-order valence-corrected chi connectivity index (χ0v) is 16.1. The van der Waals surface area contributed by atoms with E-state index in [0.717, 1.165) is 0 Å². The topological polar surface area (TPSA) is 75.9 Å². The van der Waals surface area contributed by atoms with Gasteiger partial charge in [0.25, 0.3) is 5.91 Å². The quantitative estimate of drug-likeness (QED) is 0.860. The highest BCUT2D eigenvalue weighted by molar-refractivity contribution is 6.36. The molecule has 1 N–H and O–H groups in total. The molecule has 0 spiro atoms. The number of carbonyl (C=O) groups excluding carboxylic acids is 2. The van der Waals surface area contributed by atoms with Crippen molar-refractivity contribution in [3.8, 4) is 0 Å². The number of carbonyl (C=O) groups is 2. The maximum absolute atomic E-state index is 12.8.